The van der Waals surface area contributed by atoms with Crippen LogP contribution in [0.25, 0.3) is 0 Å². The molecule has 1 aliphatic carbocycles. The molecule has 1 saturated carbocycles. The Kier molecular flexibility index (Phi) is 4.19. The average Bonchev–Trinajstić information content (AvgIpc) is 2.82. The number of aromatic amines is 1. The van der Waals surface area contributed by atoms with E-state index in [9.17, 15) is 14.7 Å². The Morgan fingerprint density at radius 3 is 2.53 bits per heavy atom. The van der Waals surface area contributed by atoms with Crippen molar-refractivity contribution >= 4 is 11.9 Å². The lowest BCUT2D eigenvalue weighted by Crippen LogP contribution is -2.43. The van der Waals surface area contributed by atoms with E-state index in [0.717, 1.165) is 25.7 Å². The zero-order chi connectivity index (χ0) is 13.7. The number of amides is 1. The van der Waals surface area contributed by atoms with E-state index in [4.69, 9.17) is 0 Å². The summed E-state index contributed by atoms with van der Waals surface area (Å²) >= 11 is 0. The number of carbonyl (C=O) groups is 2. The molecule has 6 heteroatoms. The summed E-state index contributed by atoms with van der Waals surface area (Å²) in [6, 6.07) is 1.57. The van der Waals surface area contributed by atoms with Crippen molar-refractivity contribution in [2.45, 2.75) is 38.5 Å². The molecular weight excluding hydrogens is 246 g/mol. The molecule has 1 heterocycles. The number of aromatic nitrogens is 2. The van der Waals surface area contributed by atoms with Crippen molar-refractivity contribution in [2.75, 3.05) is 6.54 Å². The highest BCUT2D eigenvalue weighted by Crippen LogP contribution is 2.34. The Morgan fingerprint density at radius 2 is 2.00 bits per heavy atom. The summed E-state index contributed by atoms with van der Waals surface area (Å²) in [7, 11) is 0. The van der Waals surface area contributed by atoms with Gasteiger partial charge in [0, 0.05) is 12.7 Å². The molecule has 1 aromatic rings. The highest BCUT2D eigenvalue weighted by molar-refractivity contribution is 5.92. The van der Waals surface area contributed by atoms with E-state index in [1.807, 2.05) is 0 Å². The Hall–Kier alpha value is -1.85. The number of carboxylic acid groups (broad SMARTS) is 1. The summed E-state index contributed by atoms with van der Waals surface area (Å²) in [4.78, 5) is 23.4. The number of rotatable bonds is 4. The summed E-state index contributed by atoms with van der Waals surface area (Å²) in [6.45, 7) is 0.181. The third kappa shape index (κ3) is 3.13. The number of H-pyrrole nitrogens is 1. The second-order valence-corrected chi connectivity index (χ2v) is 5.15. The van der Waals surface area contributed by atoms with Crippen molar-refractivity contribution in [3.63, 3.8) is 0 Å². The first kappa shape index (κ1) is 13.6. The summed E-state index contributed by atoms with van der Waals surface area (Å²) < 4.78 is 0. The van der Waals surface area contributed by atoms with Gasteiger partial charge >= 0.3 is 5.97 Å². The average molecular weight is 265 g/mol. The van der Waals surface area contributed by atoms with Gasteiger partial charge in [0.25, 0.3) is 5.91 Å². The number of hydrogen-bond acceptors (Lipinski definition) is 3. The normalized spacial score (nSPS) is 18.5. The van der Waals surface area contributed by atoms with E-state index in [-0.39, 0.29) is 12.5 Å². The van der Waals surface area contributed by atoms with Crippen LogP contribution in [0.1, 0.15) is 49.0 Å². The number of hydrogen-bond donors (Lipinski definition) is 3. The molecule has 1 fully saturated rings. The minimum Gasteiger partial charge on any atom is -0.481 e. The van der Waals surface area contributed by atoms with E-state index in [1.165, 1.54) is 6.20 Å². The lowest BCUT2D eigenvalue weighted by molar-refractivity contribution is -0.149. The van der Waals surface area contributed by atoms with Gasteiger partial charge < -0.3 is 10.4 Å². The highest BCUT2D eigenvalue weighted by Gasteiger charge is 2.38. The van der Waals surface area contributed by atoms with Crippen LogP contribution in [0.4, 0.5) is 0 Å². The lowest BCUT2D eigenvalue weighted by Gasteiger charge is -2.28. The Labute approximate surface area is 111 Å². The molecule has 0 bridgehead atoms. The quantitative estimate of drug-likeness (QED) is 0.720. The summed E-state index contributed by atoms with van der Waals surface area (Å²) in [5.41, 5.74) is -0.458. The summed E-state index contributed by atoms with van der Waals surface area (Å²) in [6.07, 6.45) is 6.72. The highest BCUT2D eigenvalue weighted by atomic mass is 16.4. The number of aliphatic carboxylic acids is 1. The number of nitrogens with zero attached hydrogens (tertiary/aromatic N) is 1. The topological polar surface area (TPSA) is 95.1 Å². The lowest BCUT2D eigenvalue weighted by atomic mass is 9.80. The van der Waals surface area contributed by atoms with Crippen molar-refractivity contribution in [1.82, 2.24) is 15.5 Å². The van der Waals surface area contributed by atoms with Gasteiger partial charge in [-0.1, -0.05) is 25.7 Å². The van der Waals surface area contributed by atoms with Gasteiger partial charge in [-0.15, -0.1) is 0 Å². The van der Waals surface area contributed by atoms with E-state index in [1.54, 1.807) is 6.07 Å². The number of nitrogens with one attached hydrogen (secondary N) is 2. The van der Waals surface area contributed by atoms with Crippen LogP contribution in [0, 0.1) is 5.41 Å². The van der Waals surface area contributed by atoms with Crippen LogP contribution in [0.3, 0.4) is 0 Å². The molecule has 1 aliphatic rings. The van der Waals surface area contributed by atoms with Crippen LogP contribution in [0.5, 0.6) is 0 Å². The molecule has 0 atom stereocenters. The van der Waals surface area contributed by atoms with Gasteiger partial charge in [0.05, 0.1) is 5.41 Å². The van der Waals surface area contributed by atoms with Gasteiger partial charge in [0.1, 0.15) is 5.69 Å². The number of carbonyl (C=O) groups excluding carboxylic acids is 1. The predicted molar refractivity (Wildman–Crippen MR) is 68.7 cm³/mol. The van der Waals surface area contributed by atoms with Gasteiger partial charge in [-0.2, -0.15) is 5.10 Å². The van der Waals surface area contributed by atoms with Gasteiger partial charge in [-0.25, -0.2) is 0 Å². The van der Waals surface area contributed by atoms with E-state index in [0.29, 0.717) is 18.5 Å². The smallest absolute Gasteiger partial charge is 0.311 e. The minimum absolute atomic E-state index is 0.181. The summed E-state index contributed by atoms with van der Waals surface area (Å²) in [5, 5.41) is 18.5. The Morgan fingerprint density at radius 1 is 1.32 bits per heavy atom. The first-order valence-corrected chi connectivity index (χ1v) is 6.65. The molecule has 19 heavy (non-hydrogen) atoms. The molecule has 0 spiro atoms. The maximum Gasteiger partial charge on any atom is 0.311 e. The van der Waals surface area contributed by atoms with Crippen molar-refractivity contribution in [1.29, 1.82) is 0 Å². The number of carboxylic acids is 1. The molecular formula is C13H19N3O3. The molecule has 3 N–H and O–H groups in total. The Bertz CT molecular complexity index is 434. The Balaban J connectivity index is 2.00. The first-order chi connectivity index (χ1) is 9.14. The zero-order valence-electron chi connectivity index (χ0n) is 10.8. The van der Waals surface area contributed by atoms with Gasteiger partial charge in [-0.05, 0) is 18.9 Å². The molecule has 2 rings (SSSR count). The SMILES string of the molecule is O=C(NCC1(C(=O)O)CCCCCC1)c1ccn[nH]1. The van der Waals surface area contributed by atoms with Crippen molar-refractivity contribution in [3.8, 4) is 0 Å². The first-order valence-electron chi connectivity index (χ1n) is 6.65. The standard InChI is InChI=1S/C13H19N3O3/c17-11(10-5-8-15-16-10)14-9-13(12(18)19)6-3-1-2-4-7-13/h5,8H,1-4,6-7,9H2,(H,14,17)(H,15,16)(H,18,19). The molecule has 1 aromatic heterocycles. The van der Waals surface area contributed by atoms with Crippen LogP contribution >= 0.6 is 0 Å². The second-order valence-electron chi connectivity index (χ2n) is 5.15. The molecule has 0 aliphatic heterocycles. The fourth-order valence-corrected chi connectivity index (χ4v) is 2.60. The van der Waals surface area contributed by atoms with Crippen LogP contribution in [-0.4, -0.2) is 33.7 Å². The fourth-order valence-electron chi connectivity index (χ4n) is 2.60. The van der Waals surface area contributed by atoms with Gasteiger partial charge in [0.15, 0.2) is 0 Å². The van der Waals surface area contributed by atoms with Gasteiger partial charge in [0.2, 0.25) is 0 Å². The molecule has 104 valence electrons. The molecule has 0 saturated heterocycles. The van der Waals surface area contributed by atoms with Crippen molar-refractivity contribution in [2.24, 2.45) is 5.41 Å². The van der Waals surface area contributed by atoms with Crippen LogP contribution in [0.2, 0.25) is 0 Å². The molecule has 0 unspecified atom stereocenters. The molecule has 0 aromatic carbocycles. The molecule has 1 amide bonds. The minimum atomic E-state index is -0.813. The monoisotopic (exact) mass is 265 g/mol. The van der Waals surface area contributed by atoms with E-state index >= 15 is 0 Å². The summed E-state index contributed by atoms with van der Waals surface area (Å²) in [5.74, 6) is -1.11. The predicted octanol–water partition coefficient (Wildman–Crippen LogP) is 1.56. The fraction of sp³-hybridized carbons (Fsp3) is 0.615. The third-order valence-corrected chi connectivity index (χ3v) is 3.85. The zero-order valence-corrected chi connectivity index (χ0v) is 10.8. The molecule has 6 nitrogen and oxygen atoms in total. The third-order valence-electron chi connectivity index (χ3n) is 3.85. The maximum absolute atomic E-state index is 11.8. The largest absolute Gasteiger partial charge is 0.481 e. The van der Waals surface area contributed by atoms with E-state index in [2.05, 4.69) is 15.5 Å². The van der Waals surface area contributed by atoms with Crippen LogP contribution in [-0.2, 0) is 4.79 Å². The van der Waals surface area contributed by atoms with Crippen molar-refractivity contribution in [3.05, 3.63) is 18.0 Å². The molecule has 0 radical (unpaired) electrons. The van der Waals surface area contributed by atoms with Crippen molar-refractivity contribution < 1.29 is 14.7 Å². The van der Waals surface area contributed by atoms with Crippen LogP contribution in [0.15, 0.2) is 12.3 Å². The maximum atomic E-state index is 11.8. The van der Waals surface area contributed by atoms with E-state index < -0.39 is 11.4 Å². The second kappa shape index (κ2) is 5.86. The van der Waals surface area contributed by atoms with Gasteiger partial charge in [-0.3, -0.25) is 14.7 Å². The van der Waals surface area contributed by atoms with Crippen LogP contribution < -0.4 is 5.32 Å².